The number of rotatable bonds is 8. The molecule has 0 bridgehead atoms. The second-order valence-electron chi connectivity index (χ2n) is 8.04. The van der Waals surface area contributed by atoms with Crippen LogP contribution in [0.15, 0.2) is 58.0 Å². The predicted molar refractivity (Wildman–Crippen MR) is 129 cm³/mol. The lowest BCUT2D eigenvalue weighted by Gasteiger charge is -2.12. The number of amides is 2. The zero-order chi connectivity index (χ0) is 25.1. The van der Waals surface area contributed by atoms with Crippen LogP contribution in [0, 0.1) is 0 Å². The van der Waals surface area contributed by atoms with Gasteiger partial charge in [0.2, 0.25) is 29.8 Å². The Balaban J connectivity index is 1.18. The predicted octanol–water partition coefficient (Wildman–Crippen LogP) is 1.89. The van der Waals surface area contributed by atoms with Crippen LogP contribution in [0.5, 0.6) is 11.5 Å². The molecule has 0 fully saturated rings. The van der Waals surface area contributed by atoms with Gasteiger partial charge in [0.25, 0.3) is 5.91 Å². The first kappa shape index (κ1) is 23.1. The van der Waals surface area contributed by atoms with E-state index in [-0.39, 0.29) is 25.4 Å². The number of pyridine rings is 1. The monoisotopic (exact) mass is 489 g/mol. The molecule has 0 spiro atoms. The minimum Gasteiger partial charge on any atom is -0.454 e. The number of fused-ring (bicyclic) bond motifs is 2. The van der Waals surface area contributed by atoms with Crippen LogP contribution in [0.1, 0.15) is 23.2 Å². The minimum atomic E-state index is -0.638. The number of aryl methyl sites for hydroxylation is 1. The van der Waals surface area contributed by atoms with Gasteiger partial charge in [0.15, 0.2) is 11.5 Å². The molecule has 11 nitrogen and oxygen atoms in total. The zero-order valence-electron chi connectivity index (χ0n) is 19.4. The van der Waals surface area contributed by atoms with E-state index >= 15 is 0 Å². The number of benzene rings is 2. The van der Waals surface area contributed by atoms with Gasteiger partial charge in [-0.25, -0.2) is 0 Å². The summed E-state index contributed by atoms with van der Waals surface area (Å²) in [6.45, 7) is 2.46. The van der Waals surface area contributed by atoms with Crippen molar-refractivity contribution in [1.82, 2.24) is 25.3 Å². The van der Waals surface area contributed by atoms with Gasteiger partial charge < -0.3 is 29.2 Å². The largest absolute Gasteiger partial charge is 0.454 e. The molecule has 0 aliphatic carbocycles. The van der Waals surface area contributed by atoms with E-state index in [4.69, 9.17) is 14.0 Å². The highest BCUT2D eigenvalue weighted by molar-refractivity contribution is 5.99. The fourth-order valence-corrected chi connectivity index (χ4v) is 3.89. The first-order valence-electron chi connectivity index (χ1n) is 11.4. The maximum atomic E-state index is 13.0. The van der Waals surface area contributed by atoms with Crippen LogP contribution in [-0.2, 0) is 17.8 Å². The number of aromatic nitrogens is 3. The van der Waals surface area contributed by atoms with Crippen molar-refractivity contribution < 1.29 is 23.6 Å². The highest BCUT2D eigenvalue weighted by atomic mass is 16.7. The Morgan fingerprint density at radius 2 is 1.86 bits per heavy atom. The normalized spacial score (nSPS) is 12.0. The topological polar surface area (TPSA) is 138 Å². The first-order chi connectivity index (χ1) is 17.5. The molecule has 36 heavy (non-hydrogen) atoms. The molecule has 4 aromatic rings. The van der Waals surface area contributed by atoms with Crippen molar-refractivity contribution in [2.24, 2.45) is 0 Å². The molecular weight excluding hydrogens is 466 g/mol. The Hall–Kier alpha value is -4.67. The third-order valence-corrected chi connectivity index (χ3v) is 5.73. The van der Waals surface area contributed by atoms with Gasteiger partial charge in [-0.05, 0) is 13.0 Å². The van der Waals surface area contributed by atoms with Crippen LogP contribution in [-0.4, -0.2) is 46.4 Å². The number of carbonyl (C=O) groups is 2. The molecule has 11 heteroatoms. The molecule has 0 unspecified atom stereocenters. The molecule has 184 valence electrons. The van der Waals surface area contributed by atoms with Crippen molar-refractivity contribution in [1.29, 1.82) is 0 Å². The Bertz CT molecular complexity index is 1490. The van der Waals surface area contributed by atoms with Crippen molar-refractivity contribution in [2.45, 2.75) is 19.9 Å². The molecule has 0 atom stereocenters. The molecule has 1 aliphatic rings. The van der Waals surface area contributed by atoms with Crippen LogP contribution >= 0.6 is 0 Å². The molecule has 3 heterocycles. The highest BCUT2D eigenvalue weighted by Gasteiger charge is 2.21. The van der Waals surface area contributed by atoms with Crippen molar-refractivity contribution in [2.75, 3.05) is 19.9 Å². The van der Waals surface area contributed by atoms with E-state index in [1.165, 1.54) is 6.20 Å². The van der Waals surface area contributed by atoms with Gasteiger partial charge in [0.1, 0.15) is 5.56 Å². The maximum Gasteiger partial charge on any atom is 0.257 e. The summed E-state index contributed by atoms with van der Waals surface area (Å²) in [5.41, 5.74) is 0.963. The fraction of sp³-hybridized carbons (Fsp3) is 0.240. The van der Waals surface area contributed by atoms with E-state index in [1.807, 2.05) is 37.3 Å². The van der Waals surface area contributed by atoms with E-state index in [1.54, 1.807) is 16.7 Å². The smallest absolute Gasteiger partial charge is 0.257 e. The SMILES string of the molecule is CCn1cc(C(=O)NCC(=O)NCCc2nc(-c3ccccc3)no2)c(=O)c2cc3c(cc21)OCO3. The lowest BCUT2D eigenvalue weighted by molar-refractivity contribution is -0.120. The molecule has 0 saturated heterocycles. The minimum absolute atomic E-state index is 0.0599. The van der Waals surface area contributed by atoms with Gasteiger partial charge in [-0.2, -0.15) is 4.98 Å². The van der Waals surface area contributed by atoms with Crippen LogP contribution in [0.4, 0.5) is 0 Å². The summed E-state index contributed by atoms with van der Waals surface area (Å²) >= 11 is 0. The molecular formula is C25H23N5O6. The number of nitrogens with zero attached hydrogens (tertiary/aromatic N) is 3. The average Bonchev–Trinajstić information content (AvgIpc) is 3.56. The van der Waals surface area contributed by atoms with Crippen molar-refractivity contribution >= 4 is 22.7 Å². The molecule has 2 N–H and O–H groups in total. The lowest BCUT2D eigenvalue weighted by Crippen LogP contribution is -2.39. The average molecular weight is 489 g/mol. The number of carbonyl (C=O) groups excluding carboxylic acids is 2. The molecule has 2 aromatic heterocycles. The Kier molecular flexibility index (Phi) is 6.35. The summed E-state index contributed by atoms with van der Waals surface area (Å²) < 4.78 is 17.8. The van der Waals surface area contributed by atoms with Crippen LogP contribution in [0.3, 0.4) is 0 Å². The second-order valence-corrected chi connectivity index (χ2v) is 8.04. The van der Waals surface area contributed by atoms with Gasteiger partial charge >= 0.3 is 0 Å². The van der Waals surface area contributed by atoms with Crippen molar-refractivity contribution in [3.05, 3.63) is 70.3 Å². The molecule has 2 aromatic carbocycles. The van der Waals surface area contributed by atoms with E-state index in [0.29, 0.717) is 47.1 Å². The van der Waals surface area contributed by atoms with Crippen LogP contribution in [0.2, 0.25) is 0 Å². The van der Waals surface area contributed by atoms with E-state index in [9.17, 15) is 14.4 Å². The zero-order valence-corrected chi connectivity index (χ0v) is 19.4. The molecule has 1 aliphatic heterocycles. The van der Waals surface area contributed by atoms with Gasteiger partial charge in [0.05, 0.1) is 17.4 Å². The third kappa shape index (κ3) is 4.63. The number of hydrogen-bond acceptors (Lipinski definition) is 8. The van der Waals surface area contributed by atoms with Crippen LogP contribution < -0.4 is 25.5 Å². The summed E-state index contributed by atoms with van der Waals surface area (Å²) in [7, 11) is 0. The lowest BCUT2D eigenvalue weighted by atomic mass is 10.1. The van der Waals surface area contributed by atoms with Gasteiger partial charge in [-0.1, -0.05) is 35.5 Å². The fourth-order valence-electron chi connectivity index (χ4n) is 3.89. The highest BCUT2D eigenvalue weighted by Crippen LogP contribution is 2.35. The van der Waals surface area contributed by atoms with Gasteiger partial charge in [-0.15, -0.1) is 0 Å². The van der Waals surface area contributed by atoms with E-state index < -0.39 is 17.2 Å². The van der Waals surface area contributed by atoms with Gasteiger partial charge in [0, 0.05) is 37.3 Å². The number of hydrogen-bond donors (Lipinski definition) is 2. The standard InChI is InChI=1S/C25H23N5O6/c1-2-30-13-17(23(32)16-10-19-20(11-18(16)30)35-14-34-19)25(33)27-12-21(31)26-9-8-22-28-24(29-36-22)15-6-4-3-5-7-15/h3-7,10-11,13H,2,8-9,12,14H2,1H3,(H,26,31)(H,27,33). The maximum absolute atomic E-state index is 13.0. The Labute approximate surface area is 205 Å². The van der Waals surface area contributed by atoms with Crippen molar-refractivity contribution in [3.63, 3.8) is 0 Å². The molecule has 0 radical (unpaired) electrons. The first-order valence-corrected chi connectivity index (χ1v) is 11.4. The summed E-state index contributed by atoms with van der Waals surface area (Å²) in [4.78, 5) is 42.3. The summed E-state index contributed by atoms with van der Waals surface area (Å²) in [5.74, 6) is 0.815. The number of ether oxygens (including phenoxy) is 2. The Morgan fingerprint density at radius 1 is 1.08 bits per heavy atom. The molecule has 0 saturated carbocycles. The quantitative estimate of drug-likeness (QED) is 0.383. The Morgan fingerprint density at radius 3 is 2.64 bits per heavy atom. The number of nitrogens with one attached hydrogen (secondary N) is 2. The summed E-state index contributed by atoms with van der Waals surface area (Å²) in [6, 6.07) is 12.7. The summed E-state index contributed by atoms with van der Waals surface area (Å²) in [5, 5.41) is 9.48. The van der Waals surface area contributed by atoms with E-state index in [2.05, 4.69) is 20.8 Å². The molecule has 5 rings (SSSR count). The van der Waals surface area contributed by atoms with Crippen LogP contribution in [0.25, 0.3) is 22.3 Å². The van der Waals surface area contributed by atoms with E-state index in [0.717, 1.165) is 5.56 Å². The van der Waals surface area contributed by atoms with Crippen molar-refractivity contribution in [3.8, 4) is 22.9 Å². The second kappa shape index (κ2) is 9.90. The third-order valence-electron chi connectivity index (χ3n) is 5.73. The molecule has 2 amide bonds. The van der Waals surface area contributed by atoms with Gasteiger partial charge in [-0.3, -0.25) is 14.4 Å². The summed E-state index contributed by atoms with van der Waals surface area (Å²) in [6.07, 6.45) is 1.82.